The molecule has 8 rings (SSSR count). The van der Waals surface area contributed by atoms with Crippen LogP contribution in [0.5, 0.6) is 5.75 Å². The Morgan fingerprint density at radius 1 is 0.889 bits per heavy atom. The van der Waals surface area contributed by atoms with Gasteiger partial charge in [0.15, 0.2) is 5.69 Å². The zero-order valence-electron chi connectivity index (χ0n) is 35.5. The SMILES string of the molecule is CC1(C)C(NC(=O)c2ccc(C#CC3CCN(C4CCN(c5ccc6c(c5)C(=O)N(C5CCC(=O)NC5=O)C6=O)CC4)CC3)cc2)C(C)(C)C1Oc1cnc(C#N)c(C(F)(F)F)c1. The molecule has 3 saturated heterocycles. The van der Waals surface area contributed by atoms with Crippen molar-refractivity contribution in [1.29, 1.82) is 5.26 Å². The van der Waals surface area contributed by atoms with E-state index in [2.05, 4.69) is 37.3 Å². The number of hydrogen-bond acceptors (Lipinski definition) is 10. The van der Waals surface area contributed by atoms with E-state index >= 15 is 0 Å². The maximum atomic E-state index is 13.6. The first kappa shape index (κ1) is 43.4. The summed E-state index contributed by atoms with van der Waals surface area (Å²) in [4.78, 5) is 73.4. The molecule has 328 valence electrons. The number of rotatable bonds is 7. The third-order valence-corrected chi connectivity index (χ3v) is 13.5. The third kappa shape index (κ3) is 8.24. The minimum atomic E-state index is -4.76. The van der Waals surface area contributed by atoms with Gasteiger partial charge in [-0.25, -0.2) is 4.98 Å². The summed E-state index contributed by atoms with van der Waals surface area (Å²) < 4.78 is 46.7. The molecule has 4 fully saturated rings. The number of carbonyl (C=O) groups excluding carboxylic acids is 5. The second-order valence-corrected chi connectivity index (χ2v) is 18.3. The highest BCUT2D eigenvalue weighted by Gasteiger charge is 2.64. The van der Waals surface area contributed by atoms with Crippen molar-refractivity contribution in [2.45, 2.75) is 96.6 Å². The number of nitrogens with one attached hydrogen (secondary N) is 2. The summed E-state index contributed by atoms with van der Waals surface area (Å²) >= 11 is 0. The number of carbonyl (C=O) groups is 5. The van der Waals surface area contributed by atoms with Gasteiger partial charge in [0.25, 0.3) is 17.7 Å². The summed E-state index contributed by atoms with van der Waals surface area (Å²) in [6, 6.07) is 13.7. The molecule has 5 heterocycles. The van der Waals surface area contributed by atoms with Crippen LogP contribution in [0, 0.1) is 39.9 Å². The van der Waals surface area contributed by atoms with Gasteiger partial charge in [-0.1, -0.05) is 39.5 Å². The smallest absolute Gasteiger partial charge is 0.419 e. The van der Waals surface area contributed by atoms with Gasteiger partial charge in [0.05, 0.1) is 22.9 Å². The normalized spacial score (nSPS) is 23.8. The maximum absolute atomic E-state index is 13.6. The zero-order chi connectivity index (χ0) is 45.0. The molecule has 63 heavy (non-hydrogen) atoms. The minimum absolute atomic E-state index is 0.0732. The molecule has 3 aromatic rings. The number of fused-ring (bicyclic) bond motifs is 1. The number of likely N-dealkylation sites (tertiary alicyclic amines) is 1. The molecule has 5 aliphatic rings. The predicted molar refractivity (Wildman–Crippen MR) is 223 cm³/mol. The summed E-state index contributed by atoms with van der Waals surface area (Å²) in [5, 5.41) is 14.4. The van der Waals surface area contributed by atoms with E-state index in [4.69, 9.17) is 10.00 Å². The van der Waals surface area contributed by atoms with Crippen LogP contribution in [-0.4, -0.2) is 94.7 Å². The summed E-state index contributed by atoms with van der Waals surface area (Å²) in [7, 11) is 0. The van der Waals surface area contributed by atoms with E-state index in [0.717, 1.165) is 80.3 Å². The lowest BCUT2D eigenvalue weighted by Crippen LogP contribution is -2.74. The number of alkyl halides is 3. The second-order valence-electron chi connectivity index (χ2n) is 18.3. The van der Waals surface area contributed by atoms with Crippen molar-refractivity contribution in [1.82, 2.24) is 25.4 Å². The molecular weight excluding hydrogens is 816 g/mol. The van der Waals surface area contributed by atoms with Crippen molar-refractivity contribution in [2.24, 2.45) is 16.7 Å². The molecule has 5 amide bonds. The van der Waals surface area contributed by atoms with Crippen molar-refractivity contribution < 1.29 is 41.9 Å². The molecule has 0 bridgehead atoms. The van der Waals surface area contributed by atoms with E-state index in [-0.39, 0.29) is 47.6 Å². The molecule has 16 heteroatoms. The highest BCUT2D eigenvalue weighted by atomic mass is 19.4. The number of aromatic nitrogens is 1. The summed E-state index contributed by atoms with van der Waals surface area (Å²) in [6.07, 6.45) is -0.218. The van der Waals surface area contributed by atoms with Gasteiger partial charge in [0.2, 0.25) is 11.8 Å². The highest BCUT2D eigenvalue weighted by molar-refractivity contribution is 6.23. The molecule has 0 spiro atoms. The van der Waals surface area contributed by atoms with E-state index in [0.29, 0.717) is 11.6 Å². The molecule has 1 aromatic heterocycles. The number of halogens is 3. The Bertz CT molecular complexity index is 2450. The van der Waals surface area contributed by atoms with Crippen LogP contribution in [0.4, 0.5) is 18.9 Å². The van der Waals surface area contributed by atoms with Crippen molar-refractivity contribution in [3.05, 3.63) is 88.2 Å². The lowest BCUT2D eigenvalue weighted by atomic mass is 9.49. The van der Waals surface area contributed by atoms with Gasteiger partial charge in [-0.15, -0.1) is 0 Å². The predicted octanol–water partition coefficient (Wildman–Crippen LogP) is 5.72. The molecule has 13 nitrogen and oxygen atoms in total. The number of benzene rings is 2. The van der Waals surface area contributed by atoms with Crippen LogP contribution in [0.25, 0.3) is 0 Å². The molecule has 1 saturated carbocycles. The van der Waals surface area contributed by atoms with Gasteiger partial charge < -0.3 is 19.9 Å². The maximum Gasteiger partial charge on any atom is 0.419 e. The van der Waals surface area contributed by atoms with Crippen LogP contribution < -0.4 is 20.3 Å². The molecule has 1 aliphatic carbocycles. The van der Waals surface area contributed by atoms with E-state index in [1.54, 1.807) is 24.3 Å². The number of nitrogens with zero attached hydrogens (tertiary/aromatic N) is 5. The number of nitriles is 1. The number of pyridine rings is 1. The van der Waals surface area contributed by atoms with Gasteiger partial charge in [0, 0.05) is 65.2 Å². The number of imide groups is 2. The number of ether oxygens (including phenoxy) is 1. The first-order valence-corrected chi connectivity index (χ1v) is 21.3. The number of hydrogen-bond donors (Lipinski definition) is 2. The molecule has 4 aliphatic heterocycles. The molecule has 2 aromatic carbocycles. The van der Waals surface area contributed by atoms with Crippen LogP contribution in [0.3, 0.4) is 0 Å². The molecule has 1 atom stereocenters. The fourth-order valence-electron chi connectivity index (χ4n) is 10.4. The van der Waals surface area contributed by atoms with Crippen molar-refractivity contribution in [3.8, 4) is 23.7 Å². The Hall–Kier alpha value is -6.26. The number of amides is 5. The molecule has 2 N–H and O–H groups in total. The van der Waals surface area contributed by atoms with Gasteiger partial charge in [-0.2, -0.15) is 18.4 Å². The quantitative estimate of drug-likeness (QED) is 0.222. The van der Waals surface area contributed by atoms with Crippen molar-refractivity contribution in [3.63, 3.8) is 0 Å². The number of anilines is 1. The van der Waals surface area contributed by atoms with Crippen LogP contribution in [0.2, 0.25) is 0 Å². The Morgan fingerprint density at radius 3 is 2.19 bits per heavy atom. The fraction of sp³-hybridized carbons (Fsp3) is 0.468. The lowest BCUT2D eigenvalue weighted by Gasteiger charge is -2.63. The van der Waals surface area contributed by atoms with Crippen LogP contribution in [0.15, 0.2) is 54.7 Å². The summed E-state index contributed by atoms with van der Waals surface area (Å²) in [6.45, 7) is 11.0. The fourth-order valence-corrected chi connectivity index (χ4v) is 10.4. The second kappa shape index (κ2) is 16.5. The number of piperidine rings is 3. The minimum Gasteiger partial charge on any atom is -0.488 e. The average Bonchev–Trinajstić information content (AvgIpc) is 3.51. The van der Waals surface area contributed by atoms with Crippen LogP contribution in [-0.2, 0) is 15.8 Å². The standard InChI is InChI=1S/C47H48F3N7O6/c1-45(2)43(46(3,4)44(45)63-32-24-35(47(48,49)50)36(25-51)52-26-32)54-39(59)29-9-7-27(8-10-29)5-6-28-15-19-55(20-16-28)30-17-21-56(22-18-30)31-11-12-33-34(23-31)42(62)57(41(33)61)37-13-14-38(58)53-40(37)60/h7-12,23-24,26,28,30,37,43-44H,13-22H2,1-4H3,(H,54,59)(H,53,58,60). The monoisotopic (exact) mass is 863 g/mol. The van der Waals surface area contributed by atoms with Gasteiger partial charge in [0.1, 0.15) is 24.0 Å². The Morgan fingerprint density at radius 2 is 1.56 bits per heavy atom. The lowest BCUT2D eigenvalue weighted by molar-refractivity contribution is -0.165. The van der Waals surface area contributed by atoms with Gasteiger partial charge in [-0.3, -0.25) is 34.2 Å². The highest BCUT2D eigenvalue weighted by Crippen LogP contribution is 2.55. The van der Waals surface area contributed by atoms with E-state index in [1.165, 1.54) is 6.07 Å². The third-order valence-electron chi connectivity index (χ3n) is 13.5. The molecule has 0 radical (unpaired) electrons. The molecule has 1 unspecified atom stereocenters. The average molecular weight is 864 g/mol. The van der Waals surface area contributed by atoms with E-state index in [9.17, 15) is 37.1 Å². The van der Waals surface area contributed by atoms with E-state index < -0.39 is 64.0 Å². The van der Waals surface area contributed by atoms with Crippen LogP contribution >= 0.6 is 0 Å². The van der Waals surface area contributed by atoms with Crippen molar-refractivity contribution in [2.75, 3.05) is 31.1 Å². The van der Waals surface area contributed by atoms with E-state index in [1.807, 2.05) is 45.9 Å². The Balaban J connectivity index is 0.798. The Kier molecular flexibility index (Phi) is 11.3. The molecular formula is C47H48F3N7O6. The first-order chi connectivity index (χ1) is 29.9. The Labute approximate surface area is 363 Å². The zero-order valence-corrected chi connectivity index (χ0v) is 35.5. The summed E-state index contributed by atoms with van der Waals surface area (Å²) in [5.74, 6) is 4.53. The van der Waals surface area contributed by atoms with Crippen molar-refractivity contribution >= 4 is 35.2 Å². The van der Waals surface area contributed by atoms with Crippen LogP contribution in [0.1, 0.15) is 114 Å². The first-order valence-electron chi connectivity index (χ1n) is 21.3. The topological polar surface area (TPSA) is 165 Å². The van der Waals surface area contributed by atoms with Gasteiger partial charge in [-0.05, 0) is 93.7 Å². The summed E-state index contributed by atoms with van der Waals surface area (Å²) in [5.41, 5.74) is -0.502. The largest absolute Gasteiger partial charge is 0.488 e. The van der Waals surface area contributed by atoms with Gasteiger partial charge >= 0.3 is 6.18 Å².